The number of carbonyl (C=O) groups excluding carboxylic acids is 1. The van der Waals surface area contributed by atoms with Crippen LogP contribution in [0.15, 0.2) is 18.2 Å². The van der Waals surface area contributed by atoms with Crippen LogP contribution in [0.5, 0.6) is 0 Å². The first-order valence-corrected chi connectivity index (χ1v) is 5.69. The lowest BCUT2D eigenvalue weighted by Crippen LogP contribution is -1.98. The predicted octanol–water partition coefficient (Wildman–Crippen LogP) is 4.23. The molecule has 13 heavy (non-hydrogen) atoms. The third-order valence-electron chi connectivity index (χ3n) is 1.45. The van der Waals surface area contributed by atoms with Crippen LogP contribution in [0.25, 0.3) is 0 Å². The Labute approximate surface area is 104 Å². The quantitative estimate of drug-likeness (QED) is 0.444. The van der Waals surface area contributed by atoms with E-state index in [2.05, 4.69) is 0 Å². The Hall–Kier alpha value is 0.490. The number of rotatable bonds is 2. The van der Waals surface area contributed by atoms with Crippen molar-refractivity contribution in [2.45, 2.75) is 3.92 Å². The number of hydrogen-bond donors (Lipinski definition) is 0. The van der Waals surface area contributed by atoms with E-state index in [9.17, 15) is 4.79 Å². The molecule has 0 saturated carbocycles. The molecule has 0 aromatic heterocycles. The molecule has 0 aliphatic rings. The van der Waals surface area contributed by atoms with Crippen LogP contribution in [-0.4, -0.2) is 5.24 Å². The lowest BCUT2D eigenvalue weighted by atomic mass is 10.2. The van der Waals surface area contributed by atoms with Gasteiger partial charge in [-0.15, -0.1) is 0 Å². The first-order chi connectivity index (χ1) is 6.04. The van der Waals surface area contributed by atoms with Crippen molar-refractivity contribution < 1.29 is 4.79 Å². The van der Waals surface area contributed by atoms with Gasteiger partial charge in [-0.2, -0.15) is 0 Å². The highest BCUT2D eigenvalue weighted by Gasteiger charge is 2.18. The Bertz CT molecular complexity index is 340. The third-order valence-corrected chi connectivity index (χ3v) is 4.11. The largest absolute Gasteiger partial charge is 0.280 e. The Kier molecular flexibility index (Phi) is 4.29. The molecule has 1 unspecified atom stereocenters. The number of carbonyl (C=O) groups is 1. The summed E-state index contributed by atoms with van der Waals surface area (Å²) in [5, 5.41) is 0.362. The van der Waals surface area contributed by atoms with Crippen LogP contribution in [-0.2, 0) is 4.79 Å². The van der Waals surface area contributed by atoms with Gasteiger partial charge in [0, 0.05) is 0 Å². The SMILES string of the molecule is O=C(Cl)C(I)c1cccc(Cl)c1Cl. The van der Waals surface area contributed by atoms with Crippen LogP contribution in [0, 0.1) is 0 Å². The second-order valence-electron chi connectivity index (χ2n) is 2.31. The monoisotopic (exact) mass is 348 g/mol. The molecule has 1 aromatic carbocycles. The predicted molar refractivity (Wildman–Crippen MR) is 64.1 cm³/mol. The van der Waals surface area contributed by atoms with Crippen molar-refractivity contribution in [2.24, 2.45) is 0 Å². The zero-order chi connectivity index (χ0) is 10.0. The molecule has 0 heterocycles. The molecule has 0 N–H and O–H groups in total. The molecule has 0 fully saturated rings. The number of benzene rings is 1. The summed E-state index contributed by atoms with van der Waals surface area (Å²) in [6.45, 7) is 0. The zero-order valence-electron chi connectivity index (χ0n) is 6.23. The van der Waals surface area contributed by atoms with Crippen LogP contribution in [0.2, 0.25) is 10.0 Å². The van der Waals surface area contributed by atoms with Gasteiger partial charge in [0.15, 0.2) is 0 Å². The average molecular weight is 349 g/mol. The lowest BCUT2D eigenvalue weighted by molar-refractivity contribution is -0.111. The zero-order valence-corrected chi connectivity index (χ0v) is 10.7. The molecule has 0 amide bonds. The fourth-order valence-corrected chi connectivity index (χ4v) is 2.08. The summed E-state index contributed by atoms with van der Waals surface area (Å²) in [6.07, 6.45) is 0. The maximum Gasteiger partial charge on any atom is 0.238 e. The van der Waals surface area contributed by atoms with Gasteiger partial charge in [-0.05, 0) is 23.2 Å². The van der Waals surface area contributed by atoms with E-state index in [0.29, 0.717) is 15.6 Å². The molecular weight excluding hydrogens is 345 g/mol. The van der Waals surface area contributed by atoms with E-state index in [1.807, 2.05) is 22.6 Å². The highest BCUT2D eigenvalue weighted by Crippen LogP contribution is 2.35. The summed E-state index contributed by atoms with van der Waals surface area (Å²) < 4.78 is -0.453. The summed E-state index contributed by atoms with van der Waals surface area (Å²) in [5.74, 6) is 0. The minimum Gasteiger partial charge on any atom is -0.280 e. The molecule has 0 spiro atoms. The number of alkyl halides is 1. The average Bonchev–Trinajstić information content (AvgIpc) is 2.08. The highest BCUT2D eigenvalue weighted by atomic mass is 127. The molecule has 0 saturated heterocycles. The maximum absolute atomic E-state index is 10.9. The first-order valence-electron chi connectivity index (χ1n) is 3.31. The van der Waals surface area contributed by atoms with E-state index in [4.69, 9.17) is 34.8 Å². The summed E-state index contributed by atoms with van der Waals surface area (Å²) in [7, 11) is 0. The topological polar surface area (TPSA) is 17.1 Å². The number of halogens is 4. The van der Waals surface area contributed by atoms with E-state index in [1.165, 1.54) is 0 Å². The minimum atomic E-state index is -0.454. The van der Waals surface area contributed by atoms with Gasteiger partial charge in [-0.25, -0.2) is 0 Å². The van der Waals surface area contributed by atoms with Crippen molar-refractivity contribution in [3.8, 4) is 0 Å². The van der Waals surface area contributed by atoms with E-state index in [0.717, 1.165) is 0 Å². The van der Waals surface area contributed by atoms with Crippen molar-refractivity contribution in [1.82, 2.24) is 0 Å². The normalized spacial score (nSPS) is 12.6. The van der Waals surface area contributed by atoms with Gasteiger partial charge < -0.3 is 0 Å². The summed E-state index contributed by atoms with van der Waals surface area (Å²) >= 11 is 18.9. The minimum absolute atomic E-state index is 0.387. The van der Waals surface area contributed by atoms with Crippen LogP contribution < -0.4 is 0 Å². The second-order valence-corrected chi connectivity index (χ2v) is 4.71. The molecule has 0 aliphatic heterocycles. The molecule has 1 rings (SSSR count). The highest BCUT2D eigenvalue weighted by molar-refractivity contribution is 14.1. The number of hydrogen-bond acceptors (Lipinski definition) is 1. The molecule has 0 bridgehead atoms. The Balaban J connectivity index is 3.15. The molecule has 1 atom stereocenters. The van der Waals surface area contributed by atoms with Crippen LogP contribution >= 0.6 is 57.4 Å². The van der Waals surface area contributed by atoms with E-state index >= 15 is 0 Å². The molecule has 70 valence electrons. The fraction of sp³-hybridized carbons (Fsp3) is 0.125. The Morgan fingerprint density at radius 3 is 2.54 bits per heavy atom. The Morgan fingerprint density at radius 2 is 2.00 bits per heavy atom. The van der Waals surface area contributed by atoms with Crippen LogP contribution in [0.1, 0.15) is 9.49 Å². The van der Waals surface area contributed by atoms with Gasteiger partial charge in [0.25, 0.3) is 0 Å². The van der Waals surface area contributed by atoms with Crippen LogP contribution in [0.4, 0.5) is 0 Å². The van der Waals surface area contributed by atoms with Gasteiger partial charge in [0.05, 0.1) is 10.0 Å². The van der Waals surface area contributed by atoms with Crippen molar-refractivity contribution in [3.63, 3.8) is 0 Å². The van der Waals surface area contributed by atoms with E-state index in [1.54, 1.807) is 18.2 Å². The van der Waals surface area contributed by atoms with Crippen molar-refractivity contribution >= 4 is 62.6 Å². The molecule has 1 aromatic rings. The maximum atomic E-state index is 10.9. The van der Waals surface area contributed by atoms with Crippen LogP contribution in [0.3, 0.4) is 0 Å². The van der Waals surface area contributed by atoms with Gasteiger partial charge in [-0.3, -0.25) is 4.79 Å². The van der Waals surface area contributed by atoms with E-state index in [-0.39, 0.29) is 0 Å². The Morgan fingerprint density at radius 1 is 1.38 bits per heavy atom. The van der Waals surface area contributed by atoms with Crippen molar-refractivity contribution in [2.75, 3.05) is 0 Å². The molecule has 0 aliphatic carbocycles. The standard InChI is InChI=1S/C8H4Cl3IO/c9-5-3-1-2-4(6(5)10)7(12)8(11)13/h1-3,7H. The smallest absolute Gasteiger partial charge is 0.238 e. The van der Waals surface area contributed by atoms with Gasteiger partial charge >= 0.3 is 0 Å². The van der Waals surface area contributed by atoms with E-state index < -0.39 is 9.17 Å². The summed E-state index contributed by atoms with van der Waals surface area (Å²) in [5.41, 5.74) is 0.648. The molecule has 0 radical (unpaired) electrons. The van der Waals surface area contributed by atoms with Gasteiger partial charge in [0.2, 0.25) is 5.24 Å². The summed E-state index contributed by atoms with van der Waals surface area (Å²) in [4.78, 5) is 10.9. The molecule has 1 nitrogen and oxygen atoms in total. The molecular formula is C8H4Cl3IO. The fourth-order valence-electron chi connectivity index (χ4n) is 0.838. The van der Waals surface area contributed by atoms with Crippen molar-refractivity contribution in [3.05, 3.63) is 33.8 Å². The van der Waals surface area contributed by atoms with Gasteiger partial charge in [0.1, 0.15) is 3.92 Å². The third kappa shape index (κ3) is 2.72. The second kappa shape index (κ2) is 4.82. The first kappa shape index (κ1) is 11.6. The molecule has 5 heteroatoms. The van der Waals surface area contributed by atoms with Gasteiger partial charge in [-0.1, -0.05) is 57.9 Å². The lowest BCUT2D eigenvalue weighted by Gasteiger charge is -2.07. The summed E-state index contributed by atoms with van der Waals surface area (Å²) in [6, 6.07) is 5.12. The van der Waals surface area contributed by atoms with Crippen molar-refractivity contribution in [1.29, 1.82) is 0 Å².